The molecule has 4 N–H and O–H groups in total. The summed E-state index contributed by atoms with van der Waals surface area (Å²) in [5, 5.41) is 6.78. The van der Waals surface area contributed by atoms with Gasteiger partial charge in [-0.05, 0) is 44.1 Å². The first-order chi connectivity index (χ1) is 19.3. The summed E-state index contributed by atoms with van der Waals surface area (Å²) in [5.41, 5.74) is 6.56. The van der Waals surface area contributed by atoms with Gasteiger partial charge < -0.3 is 16.4 Å². The average molecular weight is 558 g/mol. The number of benzene rings is 1. The van der Waals surface area contributed by atoms with Crippen molar-refractivity contribution in [2.24, 2.45) is 0 Å². The lowest BCUT2D eigenvalue weighted by Crippen LogP contribution is -2.42. The third kappa shape index (κ3) is 4.75. The van der Waals surface area contributed by atoms with Crippen molar-refractivity contribution in [2.75, 3.05) is 24.6 Å². The van der Waals surface area contributed by atoms with E-state index in [-0.39, 0.29) is 29.3 Å². The Morgan fingerprint density at radius 2 is 1.93 bits per heavy atom. The van der Waals surface area contributed by atoms with Crippen LogP contribution in [0.3, 0.4) is 0 Å². The zero-order valence-corrected chi connectivity index (χ0v) is 23.1. The van der Waals surface area contributed by atoms with Gasteiger partial charge in [-0.25, -0.2) is 9.97 Å². The Hall–Kier alpha value is -4.09. The molecule has 10 nitrogen and oxygen atoms in total. The van der Waals surface area contributed by atoms with E-state index in [9.17, 15) is 14.4 Å². The van der Waals surface area contributed by atoms with Gasteiger partial charge in [0, 0.05) is 33.0 Å². The molecule has 0 unspecified atom stereocenters. The number of rotatable bonds is 6. The summed E-state index contributed by atoms with van der Waals surface area (Å²) in [6.45, 7) is 3.06. The molecule has 206 valence electrons. The van der Waals surface area contributed by atoms with E-state index in [1.165, 1.54) is 22.1 Å². The predicted molar refractivity (Wildman–Crippen MR) is 155 cm³/mol. The maximum Gasteiger partial charge on any atom is 0.278 e. The first-order valence-electron chi connectivity index (χ1n) is 13.4. The molecule has 0 saturated carbocycles. The largest absolute Gasteiger partial charge is 0.384 e. The molecule has 2 amide bonds. The summed E-state index contributed by atoms with van der Waals surface area (Å²) in [4.78, 5) is 52.0. The number of likely N-dealkylation sites (tertiary alicyclic amines) is 1. The SMILES string of the molecule is C[C@@H]1C[C@@H](C(=O)NCc2cc3cnc(N)cc3s2)n2c1ncc(NC(=O)[C@@H]1[C@@H](c3ccccc3)CCN1C)c2=O. The van der Waals surface area contributed by atoms with Crippen molar-refractivity contribution in [2.45, 2.75) is 50.2 Å². The molecule has 0 bridgehead atoms. The highest BCUT2D eigenvalue weighted by Crippen LogP contribution is 2.35. The molecule has 40 heavy (non-hydrogen) atoms. The van der Waals surface area contributed by atoms with E-state index in [0.29, 0.717) is 24.6 Å². The van der Waals surface area contributed by atoms with Crippen LogP contribution in [0.5, 0.6) is 0 Å². The number of hydrogen-bond acceptors (Lipinski definition) is 8. The third-order valence-electron chi connectivity index (χ3n) is 7.97. The fraction of sp³-hybridized carbons (Fsp3) is 0.345. The molecule has 4 atom stereocenters. The normalized spacial score (nSPS) is 22.4. The van der Waals surface area contributed by atoms with Crippen LogP contribution >= 0.6 is 11.3 Å². The van der Waals surface area contributed by atoms with Gasteiger partial charge in [0.1, 0.15) is 23.4 Å². The Labute approximate surface area is 235 Å². The van der Waals surface area contributed by atoms with E-state index >= 15 is 0 Å². The second-order valence-electron chi connectivity index (χ2n) is 10.7. The number of thiophene rings is 1. The van der Waals surface area contributed by atoms with Gasteiger partial charge in [0.15, 0.2) is 0 Å². The van der Waals surface area contributed by atoms with E-state index in [1.54, 1.807) is 6.20 Å². The minimum absolute atomic E-state index is 0.0241. The van der Waals surface area contributed by atoms with Crippen LogP contribution in [0.15, 0.2) is 59.7 Å². The molecule has 1 fully saturated rings. The van der Waals surface area contributed by atoms with E-state index < -0.39 is 17.6 Å². The van der Waals surface area contributed by atoms with Crippen LogP contribution in [0.25, 0.3) is 10.1 Å². The Morgan fingerprint density at radius 1 is 1.12 bits per heavy atom. The zero-order valence-electron chi connectivity index (χ0n) is 22.3. The maximum atomic E-state index is 13.6. The highest BCUT2D eigenvalue weighted by molar-refractivity contribution is 7.19. The van der Waals surface area contributed by atoms with Gasteiger partial charge in [0.2, 0.25) is 11.8 Å². The average Bonchev–Trinajstić information content (AvgIpc) is 3.64. The molecule has 2 aliphatic heterocycles. The number of nitrogen functional groups attached to an aromatic ring is 1. The summed E-state index contributed by atoms with van der Waals surface area (Å²) in [5.74, 6) is 0.442. The number of hydrogen-bond donors (Lipinski definition) is 3. The Balaban J connectivity index is 1.20. The van der Waals surface area contributed by atoms with Gasteiger partial charge in [-0.2, -0.15) is 0 Å². The Bertz CT molecular complexity index is 1650. The van der Waals surface area contributed by atoms with E-state index in [2.05, 4.69) is 20.6 Å². The first kappa shape index (κ1) is 26.1. The molecule has 0 radical (unpaired) electrons. The molecule has 11 heteroatoms. The van der Waals surface area contributed by atoms with E-state index in [4.69, 9.17) is 5.73 Å². The number of likely N-dealkylation sites (N-methyl/N-ethyl adjacent to an activating group) is 1. The molecule has 6 rings (SSSR count). The van der Waals surface area contributed by atoms with Crippen molar-refractivity contribution < 1.29 is 9.59 Å². The first-order valence-corrected chi connectivity index (χ1v) is 14.2. The number of nitrogens with two attached hydrogens (primary N) is 1. The number of fused-ring (bicyclic) bond motifs is 2. The van der Waals surface area contributed by atoms with E-state index in [1.807, 2.05) is 61.3 Å². The van der Waals surface area contributed by atoms with Crippen molar-refractivity contribution in [1.29, 1.82) is 0 Å². The standard InChI is InChI=1S/C29H31N7O3S/c1-16-10-22(27(37)33-14-19-11-18-13-31-24(30)12-23(18)40-19)36-26(16)32-15-21(29(36)39)34-28(38)25-20(8-9-35(25)2)17-6-4-3-5-7-17/h3-7,11-13,15-16,20,22,25H,8-10,14H2,1-2H3,(H2,30,31)(H,33,37)(H,34,38)/t16-,20-,22+,25+/m1/s1. The van der Waals surface area contributed by atoms with Crippen molar-refractivity contribution in [1.82, 2.24) is 24.8 Å². The molecule has 0 aliphatic carbocycles. The number of anilines is 2. The summed E-state index contributed by atoms with van der Waals surface area (Å²) >= 11 is 1.54. The molecule has 5 heterocycles. The molecular weight excluding hydrogens is 526 g/mol. The monoisotopic (exact) mass is 557 g/mol. The van der Waals surface area contributed by atoms with Gasteiger partial charge in [0.25, 0.3) is 5.56 Å². The Kier molecular flexibility index (Phi) is 6.85. The molecule has 1 aromatic carbocycles. The lowest BCUT2D eigenvalue weighted by Gasteiger charge is -2.24. The third-order valence-corrected chi connectivity index (χ3v) is 9.07. The number of nitrogens with zero attached hydrogens (tertiary/aromatic N) is 4. The number of carbonyl (C=O) groups is 2. The molecule has 2 aliphatic rings. The quantitative estimate of drug-likeness (QED) is 0.331. The van der Waals surface area contributed by atoms with Crippen LogP contribution in [0.1, 0.15) is 53.9 Å². The second kappa shape index (κ2) is 10.5. The minimum Gasteiger partial charge on any atom is -0.384 e. The lowest BCUT2D eigenvalue weighted by atomic mass is 9.91. The fourth-order valence-electron chi connectivity index (χ4n) is 5.97. The van der Waals surface area contributed by atoms with Crippen molar-refractivity contribution in [3.63, 3.8) is 0 Å². The smallest absolute Gasteiger partial charge is 0.278 e. The predicted octanol–water partition coefficient (Wildman–Crippen LogP) is 3.23. The maximum absolute atomic E-state index is 13.6. The highest BCUT2D eigenvalue weighted by Gasteiger charge is 2.39. The fourth-order valence-corrected chi connectivity index (χ4v) is 6.99. The number of aromatic nitrogens is 3. The highest BCUT2D eigenvalue weighted by atomic mass is 32.1. The number of carbonyl (C=O) groups excluding carboxylic acids is 2. The van der Waals surface area contributed by atoms with Crippen LogP contribution in [0.2, 0.25) is 0 Å². The van der Waals surface area contributed by atoms with Gasteiger partial charge >= 0.3 is 0 Å². The van der Waals surface area contributed by atoms with E-state index in [0.717, 1.165) is 33.5 Å². The number of nitrogens with one attached hydrogen (secondary N) is 2. The van der Waals surface area contributed by atoms with Crippen molar-refractivity contribution in [3.8, 4) is 0 Å². The minimum atomic E-state index is -0.709. The molecule has 4 aromatic rings. The molecule has 0 spiro atoms. The molecular formula is C29H31N7O3S. The van der Waals surface area contributed by atoms with Crippen molar-refractivity contribution in [3.05, 3.63) is 81.5 Å². The van der Waals surface area contributed by atoms with Crippen molar-refractivity contribution >= 4 is 44.7 Å². The second-order valence-corrected chi connectivity index (χ2v) is 11.8. The van der Waals surface area contributed by atoms with Crippen LogP contribution in [-0.4, -0.2) is 50.9 Å². The Morgan fingerprint density at radius 3 is 2.73 bits per heavy atom. The summed E-state index contributed by atoms with van der Waals surface area (Å²) in [6, 6.07) is 12.6. The number of amides is 2. The van der Waals surface area contributed by atoms with Gasteiger partial charge in [-0.3, -0.25) is 23.9 Å². The molecule has 1 saturated heterocycles. The topological polar surface area (TPSA) is 135 Å². The van der Waals surface area contributed by atoms with Gasteiger partial charge in [0.05, 0.1) is 18.8 Å². The van der Waals surface area contributed by atoms with Gasteiger partial charge in [-0.15, -0.1) is 11.3 Å². The lowest BCUT2D eigenvalue weighted by molar-refractivity contribution is -0.124. The van der Waals surface area contributed by atoms with Gasteiger partial charge in [-0.1, -0.05) is 37.3 Å². The van der Waals surface area contributed by atoms with Crippen LogP contribution in [0, 0.1) is 0 Å². The van der Waals surface area contributed by atoms with Crippen LogP contribution in [0.4, 0.5) is 11.5 Å². The van der Waals surface area contributed by atoms with Crippen LogP contribution in [-0.2, 0) is 16.1 Å². The molecule has 3 aromatic heterocycles. The van der Waals surface area contributed by atoms with Crippen LogP contribution < -0.4 is 21.9 Å². The summed E-state index contributed by atoms with van der Waals surface area (Å²) in [7, 11) is 1.92. The zero-order chi connectivity index (χ0) is 28.0. The summed E-state index contributed by atoms with van der Waals surface area (Å²) in [6.07, 6.45) is 4.45. The summed E-state index contributed by atoms with van der Waals surface area (Å²) < 4.78 is 2.44. The number of pyridine rings is 1.